The Bertz CT molecular complexity index is 836. The summed E-state index contributed by atoms with van der Waals surface area (Å²) in [6.07, 6.45) is -0.165. The number of ether oxygens (including phenoxy) is 1. The van der Waals surface area contributed by atoms with Gasteiger partial charge in [-0.2, -0.15) is 0 Å². The number of nitrogens with zero attached hydrogens (tertiary/aromatic N) is 2. The lowest BCUT2D eigenvalue weighted by atomic mass is 10.0. The number of aliphatic hydroxyl groups excluding tert-OH is 1. The third-order valence-corrected chi connectivity index (χ3v) is 4.83. The third-order valence-electron chi connectivity index (χ3n) is 4.83. The van der Waals surface area contributed by atoms with Gasteiger partial charge >= 0.3 is 0 Å². The maximum atomic E-state index is 14.2. The molecule has 0 radical (unpaired) electrons. The fraction of sp³-hybridized carbons (Fsp3) is 0.458. The molecule has 5 nitrogen and oxygen atoms in total. The van der Waals surface area contributed by atoms with E-state index in [9.17, 15) is 9.50 Å². The predicted octanol–water partition coefficient (Wildman–Crippen LogP) is 4.00. The highest BCUT2D eigenvalue weighted by Gasteiger charge is 2.26. The van der Waals surface area contributed by atoms with E-state index in [-0.39, 0.29) is 24.1 Å². The summed E-state index contributed by atoms with van der Waals surface area (Å²) in [5.41, 5.74) is 2.20. The van der Waals surface area contributed by atoms with Gasteiger partial charge in [0.1, 0.15) is 11.9 Å². The molecule has 2 aromatic rings. The number of halogens is 1. The minimum atomic E-state index is -0.688. The fourth-order valence-corrected chi connectivity index (χ4v) is 3.38. The van der Waals surface area contributed by atoms with Crippen molar-refractivity contribution in [2.75, 3.05) is 19.7 Å². The Hall–Kier alpha value is -2.28. The van der Waals surface area contributed by atoms with Crippen LogP contribution in [0.4, 0.5) is 4.39 Å². The van der Waals surface area contributed by atoms with Crippen LogP contribution in [-0.2, 0) is 16.1 Å². The molecule has 0 fully saturated rings. The highest BCUT2D eigenvalue weighted by atomic mass is 19.1. The van der Waals surface area contributed by atoms with Crippen LogP contribution < -0.4 is 0 Å². The molecule has 1 aliphatic rings. The first-order valence-corrected chi connectivity index (χ1v) is 10.4. The Balaban J connectivity index is 1.63. The molecule has 1 N–H and O–H groups in total. The van der Waals surface area contributed by atoms with Gasteiger partial charge < -0.3 is 14.7 Å². The van der Waals surface area contributed by atoms with Crippen molar-refractivity contribution >= 4 is 5.71 Å². The first-order valence-electron chi connectivity index (χ1n) is 10.4. The van der Waals surface area contributed by atoms with Gasteiger partial charge in [0.25, 0.3) is 0 Å². The summed E-state index contributed by atoms with van der Waals surface area (Å²) in [7, 11) is 0. The lowest BCUT2D eigenvalue weighted by molar-refractivity contribution is -0.0601. The molecule has 1 aliphatic heterocycles. The minimum absolute atomic E-state index is 0.150. The van der Waals surface area contributed by atoms with Gasteiger partial charge in [-0.05, 0) is 32.4 Å². The highest BCUT2D eigenvalue weighted by molar-refractivity contribution is 6.01. The highest BCUT2D eigenvalue weighted by Crippen LogP contribution is 2.19. The van der Waals surface area contributed by atoms with Crippen LogP contribution in [0.2, 0.25) is 0 Å². The number of hydrogen-bond acceptors (Lipinski definition) is 5. The van der Waals surface area contributed by atoms with Crippen molar-refractivity contribution in [2.24, 2.45) is 5.16 Å². The summed E-state index contributed by atoms with van der Waals surface area (Å²) in [5.74, 6) is -0.253. The Morgan fingerprint density at radius 3 is 2.57 bits per heavy atom. The average molecular weight is 415 g/mol. The van der Waals surface area contributed by atoms with E-state index in [1.54, 1.807) is 12.1 Å². The Morgan fingerprint density at radius 2 is 1.87 bits per heavy atom. The largest absolute Gasteiger partial charge is 0.390 e. The zero-order valence-electron chi connectivity index (χ0n) is 17.9. The molecule has 6 heteroatoms. The van der Waals surface area contributed by atoms with E-state index in [0.29, 0.717) is 31.6 Å². The smallest absolute Gasteiger partial charge is 0.145 e. The second kappa shape index (κ2) is 10.2. The second-order valence-electron chi connectivity index (χ2n) is 8.70. The molecule has 0 saturated heterocycles. The third kappa shape index (κ3) is 6.90. The number of aliphatic hydroxyl groups is 1. The molecule has 0 bridgehead atoms. The van der Waals surface area contributed by atoms with Crippen LogP contribution in [-0.4, -0.2) is 53.2 Å². The van der Waals surface area contributed by atoms with Crippen molar-refractivity contribution in [3.8, 4) is 0 Å². The summed E-state index contributed by atoms with van der Waals surface area (Å²) >= 11 is 0. The maximum absolute atomic E-state index is 14.2. The minimum Gasteiger partial charge on any atom is -0.390 e. The summed E-state index contributed by atoms with van der Waals surface area (Å²) in [6, 6.07) is 16.6. The summed E-state index contributed by atoms with van der Waals surface area (Å²) in [5, 5.41) is 14.7. The van der Waals surface area contributed by atoms with Crippen molar-refractivity contribution in [1.82, 2.24) is 4.90 Å². The van der Waals surface area contributed by atoms with Crippen molar-refractivity contribution < 1.29 is 19.1 Å². The van der Waals surface area contributed by atoms with Gasteiger partial charge in [0, 0.05) is 31.6 Å². The standard InChI is InChI=1S/C24H31FN2O3/c1-24(2,3)29-17-20(28)15-27(14-19-11-7-8-12-22(19)25)16-21-13-23(26-30-21)18-9-5-4-6-10-18/h4-12,20-21,28H,13-17H2,1-3H3/t20-,21+/m0/s1. The quantitative estimate of drug-likeness (QED) is 0.674. The Labute approximate surface area is 178 Å². The molecule has 0 amide bonds. The van der Waals surface area contributed by atoms with Crippen molar-refractivity contribution in [3.63, 3.8) is 0 Å². The molecular formula is C24H31FN2O3. The van der Waals surface area contributed by atoms with E-state index < -0.39 is 6.10 Å². The van der Waals surface area contributed by atoms with Gasteiger partial charge in [-0.15, -0.1) is 0 Å². The molecule has 0 unspecified atom stereocenters. The molecule has 2 atom stereocenters. The van der Waals surface area contributed by atoms with E-state index in [1.165, 1.54) is 6.07 Å². The van der Waals surface area contributed by atoms with E-state index >= 15 is 0 Å². The Kier molecular flexibility index (Phi) is 7.58. The monoisotopic (exact) mass is 414 g/mol. The normalized spacial score (nSPS) is 17.7. The van der Waals surface area contributed by atoms with Crippen LogP contribution in [0.5, 0.6) is 0 Å². The molecule has 0 aromatic heterocycles. The number of oxime groups is 1. The zero-order chi connectivity index (χ0) is 21.6. The van der Waals surface area contributed by atoms with E-state index in [2.05, 4.69) is 5.16 Å². The van der Waals surface area contributed by atoms with Crippen LogP contribution >= 0.6 is 0 Å². The SMILES string of the molecule is CC(C)(C)OC[C@@H](O)CN(Cc1ccccc1F)C[C@H]1CC(c2ccccc2)=NO1. The van der Waals surface area contributed by atoms with Crippen LogP contribution in [0.1, 0.15) is 38.3 Å². The molecule has 30 heavy (non-hydrogen) atoms. The van der Waals surface area contributed by atoms with Crippen molar-refractivity contribution in [2.45, 2.75) is 51.5 Å². The van der Waals surface area contributed by atoms with E-state index in [1.807, 2.05) is 62.1 Å². The molecular weight excluding hydrogens is 383 g/mol. The second-order valence-corrected chi connectivity index (χ2v) is 8.70. The zero-order valence-corrected chi connectivity index (χ0v) is 17.9. The van der Waals surface area contributed by atoms with E-state index in [4.69, 9.17) is 9.57 Å². The van der Waals surface area contributed by atoms with Crippen LogP contribution in [0.25, 0.3) is 0 Å². The molecule has 0 saturated carbocycles. The number of hydrogen-bond donors (Lipinski definition) is 1. The summed E-state index contributed by atoms with van der Waals surface area (Å²) in [4.78, 5) is 7.66. The lowest BCUT2D eigenvalue weighted by Crippen LogP contribution is -2.40. The first kappa shape index (κ1) is 22.4. The number of benzene rings is 2. The predicted molar refractivity (Wildman–Crippen MR) is 116 cm³/mol. The van der Waals surface area contributed by atoms with Gasteiger partial charge in [0.15, 0.2) is 0 Å². The summed E-state index contributed by atoms with van der Waals surface area (Å²) in [6.45, 7) is 7.32. The van der Waals surface area contributed by atoms with Gasteiger partial charge in [-0.3, -0.25) is 4.90 Å². The topological polar surface area (TPSA) is 54.3 Å². The van der Waals surface area contributed by atoms with E-state index in [0.717, 1.165) is 11.3 Å². The molecule has 1 heterocycles. The van der Waals surface area contributed by atoms with Gasteiger partial charge in [-0.1, -0.05) is 53.7 Å². The van der Waals surface area contributed by atoms with Crippen LogP contribution in [0, 0.1) is 5.82 Å². The molecule has 162 valence electrons. The maximum Gasteiger partial charge on any atom is 0.145 e. The summed E-state index contributed by atoms with van der Waals surface area (Å²) < 4.78 is 19.9. The number of rotatable bonds is 9. The fourth-order valence-electron chi connectivity index (χ4n) is 3.38. The van der Waals surface area contributed by atoms with Gasteiger partial charge in [-0.25, -0.2) is 4.39 Å². The molecule has 2 aromatic carbocycles. The average Bonchev–Trinajstić information content (AvgIpc) is 3.17. The molecule has 0 spiro atoms. The molecule has 0 aliphatic carbocycles. The van der Waals surface area contributed by atoms with Crippen LogP contribution in [0.15, 0.2) is 59.8 Å². The van der Waals surface area contributed by atoms with Crippen LogP contribution in [0.3, 0.4) is 0 Å². The van der Waals surface area contributed by atoms with Crippen molar-refractivity contribution in [3.05, 3.63) is 71.5 Å². The van der Waals surface area contributed by atoms with Gasteiger partial charge in [0.05, 0.1) is 24.0 Å². The van der Waals surface area contributed by atoms with Gasteiger partial charge in [0.2, 0.25) is 0 Å². The molecule has 3 rings (SSSR count). The van der Waals surface area contributed by atoms with Crippen molar-refractivity contribution in [1.29, 1.82) is 0 Å². The first-order chi connectivity index (χ1) is 14.3. The Morgan fingerprint density at radius 1 is 1.17 bits per heavy atom. The lowest BCUT2D eigenvalue weighted by Gasteiger charge is -2.28.